The molecular formula is C20H20N2O5. The maximum absolute atomic E-state index is 11.4. The highest BCUT2D eigenvalue weighted by atomic mass is 16.5. The molecule has 2 aromatic carbocycles. The topological polar surface area (TPSA) is 114 Å². The van der Waals surface area contributed by atoms with Gasteiger partial charge in [-0.25, -0.2) is 9.59 Å². The van der Waals surface area contributed by atoms with Crippen molar-refractivity contribution in [2.24, 2.45) is 11.5 Å². The fourth-order valence-corrected chi connectivity index (χ4v) is 2.19. The van der Waals surface area contributed by atoms with Crippen LogP contribution in [0.4, 0.5) is 0 Å². The summed E-state index contributed by atoms with van der Waals surface area (Å²) in [4.78, 5) is 22.7. The predicted molar refractivity (Wildman–Crippen MR) is 100 cm³/mol. The highest BCUT2D eigenvalue weighted by molar-refractivity contribution is 5.84. The van der Waals surface area contributed by atoms with Crippen molar-refractivity contribution in [2.75, 3.05) is 0 Å². The minimum atomic E-state index is -0.574. The average Bonchev–Trinajstić information content (AvgIpc) is 2.69. The van der Waals surface area contributed by atoms with Gasteiger partial charge in [0.1, 0.15) is 23.0 Å². The molecule has 0 aliphatic carbocycles. The van der Waals surface area contributed by atoms with Gasteiger partial charge < -0.3 is 25.7 Å². The van der Waals surface area contributed by atoms with Crippen molar-refractivity contribution in [1.29, 1.82) is 0 Å². The Labute approximate surface area is 156 Å². The molecule has 0 radical (unpaired) electrons. The van der Waals surface area contributed by atoms with Crippen LogP contribution in [0.2, 0.25) is 0 Å². The number of ether oxygens (including phenoxy) is 3. The molecule has 0 amide bonds. The lowest BCUT2D eigenvalue weighted by molar-refractivity contribution is -0.129. The third-order valence-electron chi connectivity index (χ3n) is 3.49. The van der Waals surface area contributed by atoms with Gasteiger partial charge in [-0.2, -0.15) is 0 Å². The summed E-state index contributed by atoms with van der Waals surface area (Å²) in [5, 5.41) is 0. The molecule has 0 spiro atoms. The van der Waals surface area contributed by atoms with Gasteiger partial charge in [0.25, 0.3) is 0 Å². The van der Waals surface area contributed by atoms with Crippen LogP contribution in [0.3, 0.4) is 0 Å². The van der Waals surface area contributed by atoms with Crippen molar-refractivity contribution in [3.05, 3.63) is 72.8 Å². The molecular weight excluding hydrogens is 348 g/mol. The van der Waals surface area contributed by atoms with E-state index in [2.05, 4.69) is 13.2 Å². The largest absolute Gasteiger partial charge is 0.457 e. The summed E-state index contributed by atoms with van der Waals surface area (Å²) >= 11 is 0. The summed E-state index contributed by atoms with van der Waals surface area (Å²) in [5.41, 5.74) is 12.6. The third kappa shape index (κ3) is 5.27. The zero-order chi connectivity index (χ0) is 19.8. The number of esters is 2. The average molecular weight is 368 g/mol. The Balaban J connectivity index is 2.23. The molecule has 4 N–H and O–H groups in total. The molecule has 0 aliphatic heterocycles. The van der Waals surface area contributed by atoms with Gasteiger partial charge in [0.15, 0.2) is 0 Å². The molecule has 0 aliphatic rings. The van der Waals surface area contributed by atoms with Crippen molar-refractivity contribution >= 4 is 11.9 Å². The Kier molecular flexibility index (Phi) is 6.87. The summed E-state index contributed by atoms with van der Waals surface area (Å²) in [6.07, 6.45) is 2.14. The number of benzene rings is 2. The standard InChI is InChI=1S/C20H20N2O5/c1-3-19(23)26-17-7-5-15(9-13(17)11-21)25-16-6-8-18(14(10-16)12-22)27-20(24)4-2/h3-10H,1-2,11-12,21-22H2. The molecule has 0 heterocycles. The Morgan fingerprint density at radius 2 is 1.22 bits per heavy atom. The molecule has 0 unspecified atom stereocenters. The molecule has 2 aromatic rings. The quantitative estimate of drug-likeness (QED) is 0.418. The van der Waals surface area contributed by atoms with Gasteiger partial charge in [0.2, 0.25) is 0 Å². The summed E-state index contributed by atoms with van der Waals surface area (Å²) in [6.45, 7) is 7.02. The molecule has 140 valence electrons. The van der Waals surface area contributed by atoms with Crippen LogP contribution >= 0.6 is 0 Å². The number of rotatable bonds is 8. The van der Waals surface area contributed by atoms with E-state index in [-0.39, 0.29) is 13.1 Å². The van der Waals surface area contributed by atoms with E-state index in [1.807, 2.05) is 0 Å². The number of carbonyl (C=O) groups excluding carboxylic acids is 2. The van der Waals surface area contributed by atoms with Crippen LogP contribution in [0.1, 0.15) is 11.1 Å². The fraction of sp³-hybridized carbons (Fsp3) is 0.100. The lowest BCUT2D eigenvalue weighted by Crippen LogP contribution is -2.08. The zero-order valence-corrected chi connectivity index (χ0v) is 14.6. The monoisotopic (exact) mass is 368 g/mol. The smallest absolute Gasteiger partial charge is 0.335 e. The first-order valence-corrected chi connectivity index (χ1v) is 8.03. The van der Waals surface area contributed by atoms with Gasteiger partial charge >= 0.3 is 11.9 Å². The maximum atomic E-state index is 11.4. The first kappa shape index (κ1) is 19.9. The van der Waals surface area contributed by atoms with Gasteiger partial charge in [-0.05, 0) is 36.4 Å². The van der Waals surface area contributed by atoms with Gasteiger partial charge in [-0.15, -0.1) is 0 Å². The van der Waals surface area contributed by atoms with Gasteiger partial charge in [-0.1, -0.05) is 13.2 Å². The maximum Gasteiger partial charge on any atom is 0.335 e. The molecule has 27 heavy (non-hydrogen) atoms. The van der Waals surface area contributed by atoms with E-state index in [1.54, 1.807) is 36.4 Å². The summed E-state index contributed by atoms with van der Waals surface area (Å²) in [6, 6.07) is 9.78. The zero-order valence-electron chi connectivity index (χ0n) is 14.6. The Bertz CT molecular complexity index is 805. The SMILES string of the molecule is C=CC(=O)Oc1ccc(Oc2ccc(OC(=O)C=C)c(CN)c2)cc1CN. The first-order valence-electron chi connectivity index (χ1n) is 8.03. The Morgan fingerprint density at radius 3 is 1.56 bits per heavy atom. The molecule has 0 saturated heterocycles. The highest BCUT2D eigenvalue weighted by Crippen LogP contribution is 2.30. The van der Waals surface area contributed by atoms with Crippen molar-refractivity contribution in [3.8, 4) is 23.0 Å². The summed E-state index contributed by atoms with van der Waals surface area (Å²) in [7, 11) is 0. The molecule has 0 atom stereocenters. The van der Waals surface area contributed by atoms with Crippen LogP contribution in [0, 0.1) is 0 Å². The highest BCUT2D eigenvalue weighted by Gasteiger charge is 2.11. The Morgan fingerprint density at radius 1 is 0.815 bits per heavy atom. The second kappa shape index (κ2) is 9.33. The van der Waals surface area contributed by atoms with Crippen LogP contribution in [-0.2, 0) is 22.7 Å². The van der Waals surface area contributed by atoms with Gasteiger partial charge in [-0.3, -0.25) is 0 Å². The van der Waals surface area contributed by atoms with Gasteiger partial charge in [0.05, 0.1) is 0 Å². The van der Waals surface area contributed by atoms with E-state index >= 15 is 0 Å². The first-order chi connectivity index (χ1) is 13.0. The third-order valence-corrected chi connectivity index (χ3v) is 3.49. The predicted octanol–water partition coefficient (Wildman–Crippen LogP) is 2.58. The van der Waals surface area contributed by atoms with Crippen LogP contribution < -0.4 is 25.7 Å². The van der Waals surface area contributed by atoms with Crippen LogP contribution in [0.25, 0.3) is 0 Å². The van der Waals surface area contributed by atoms with E-state index in [1.165, 1.54) is 0 Å². The minimum Gasteiger partial charge on any atom is -0.457 e. The molecule has 2 rings (SSSR count). The molecule has 0 bridgehead atoms. The lowest BCUT2D eigenvalue weighted by atomic mass is 10.1. The lowest BCUT2D eigenvalue weighted by Gasteiger charge is -2.13. The Hall–Kier alpha value is -3.42. The van der Waals surface area contributed by atoms with E-state index in [0.717, 1.165) is 12.2 Å². The number of nitrogens with two attached hydrogens (primary N) is 2. The fourth-order valence-electron chi connectivity index (χ4n) is 2.19. The molecule has 0 fully saturated rings. The van der Waals surface area contributed by atoms with Gasteiger partial charge in [0, 0.05) is 36.4 Å². The summed E-state index contributed by atoms with van der Waals surface area (Å²) in [5.74, 6) is 0.514. The second-order valence-electron chi connectivity index (χ2n) is 5.30. The van der Waals surface area contributed by atoms with Crippen LogP contribution in [0.5, 0.6) is 23.0 Å². The number of hydrogen-bond donors (Lipinski definition) is 2. The van der Waals surface area contributed by atoms with E-state index in [9.17, 15) is 9.59 Å². The van der Waals surface area contributed by atoms with Crippen molar-refractivity contribution in [3.63, 3.8) is 0 Å². The molecule has 0 saturated carbocycles. The normalized spacial score (nSPS) is 10.0. The molecule has 7 heteroatoms. The number of hydrogen-bond acceptors (Lipinski definition) is 7. The molecule has 0 aromatic heterocycles. The second-order valence-corrected chi connectivity index (χ2v) is 5.30. The van der Waals surface area contributed by atoms with E-state index in [0.29, 0.717) is 34.1 Å². The van der Waals surface area contributed by atoms with E-state index < -0.39 is 11.9 Å². The van der Waals surface area contributed by atoms with Crippen molar-refractivity contribution < 1.29 is 23.8 Å². The van der Waals surface area contributed by atoms with Crippen molar-refractivity contribution in [1.82, 2.24) is 0 Å². The molecule has 7 nitrogen and oxygen atoms in total. The van der Waals surface area contributed by atoms with Crippen LogP contribution in [-0.4, -0.2) is 11.9 Å². The van der Waals surface area contributed by atoms with Crippen LogP contribution in [0.15, 0.2) is 61.7 Å². The summed E-state index contributed by atoms with van der Waals surface area (Å²) < 4.78 is 16.1. The number of carbonyl (C=O) groups is 2. The van der Waals surface area contributed by atoms with Crippen molar-refractivity contribution in [2.45, 2.75) is 13.1 Å². The van der Waals surface area contributed by atoms with E-state index in [4.69, 9.17) is 25.7 Å². The minimum absolute atomic E-state index is 0.154.